The zero-order valence-corrected chi connectivity index (χ0v) is 11.6. The van der Waals surface area contributed by atoms with Gasteiger partial charge in [0.15, 0.2) is 5.82 Å². The van der Waals surface area contributed by atoms with Crippen molar-refractivity contribution >= 4 is 15.9 Å². The molecule has 1 unspecified atom stereocenters. The number of aryl methyl sites for hydroxylation is 1. The molecule has 18 heavy (non-hydrogen) atoms. The number of halogens is 1. The lowest BCUT2D eigenvalue weighted by molar-refractivity contribution is 0.411. The Morgan fingerprint density at radius 2 is 2.22 bits per heavy atom. The van der Waals surface area contributed by atoms with Crippen molar-refractivity contribution in [1.29, 1.82) is 0 Å². The first-order valence-corrected chi connectivity index (χ1v) is 6.80. The third kappa shape index (κ3) is 2.20. The second-order valence-electron chi connectivity index (χ2n) is 4.78. The van der Waals surface area contributed by atoms with Crippen molar-refractivity contribution in [2.75, 3.05) is 0 Å². The molecule has 0 bridgehead atoms. The fraction of sp³-hybridized carbons (Fsp3) is 0.385. The number of benzene rings is 1. The summed E-state index contributed by atoms with van der Waals surface area (Å²) in [5.41, 5.74) is 8.12. The van der Waals surface area contributed by atoms with E-state index in [2.05, 4.69) is 26.1 Å². The van der Waals surface area contributed by atoms with Crippen LogP contribution in [0, 0.1) is 12.8 Å². The van der Waals surface area contributed by atoms with Crippen molar-refractivity contribution in [1.82, 2.24) is 10.1 Å². The molecule has 1 heterocycles. The van der Waals surface area contributed by atoms with Crippen molar-refractivity contribution in [3.63, 3.8) is 0 Å². The molecule has 1 saturated carbocycles. The van der Waals surface area contributed by atoms with Gasteiger partial charge in [0.2, 0.25) is 0 Å². The van der Waals surface area contributed by atoms with E-state index in [4.69, 9.17) is 10.3 Å². The Hall–Kier alpha value is -1.20. The van der Waals surface area contributed by atoms with E-state index in [1.54, 1.807) is 0 Å². The van der Waals surface area contributed by atoms with E-state index in [1.807, 2.05) is 25.1 Å². The number of hydrogen-bond acceptors (Lipinski definition) is 4. The Morgan fingerprint density at radius 1 is 1.44 bits per heavy atom. The molecule has 94 valence electrons. The highest BCUT2D eigenvalue weighted by atomic mass is 79.9. The third-order valence-corrected chi connectivity index (χ3v) is 3.78. The third-order valence-electron chi connectivity index (χ3n) is 3.29. The molecule has 2 aromatic rings. The quantitative estimate of drug-likeness (QED) is 0.945. The minimum absolute atomic E-state index is 0.0849. The summed E-state index contributed by atoms with van der Waals surface area (Å²) in [5.74, 6) is 1.70. The Morgan fingerprint density at radius 3 is 2.89 bits per heavy atom. The number of hydrogen-bond donors (Lipinski definition) is 1. The second kappa shape index (κ2) is 4.48. The Bertz CT molecular complexity index is 577. The number of nitrogens with zero attached hydrogens (tertiary/aromatic N) is 2. The molecule has 1 fully saturated rings. The van der Waals surface area contributed by atoms with Gasteiger partial charge in [0.25, 0.3) is 5.89 Å². The molecule has 0 saturated heterocycles. The molecule has 3 rings (SSSR count). The van der Waals surface area contributed by atoms with Crippen LogP contribution in [0.15, 0.2) is 27.2 Å². The van der Waals surface area contributed by atoms with E-state index in [1.165, 1.54) is 12.8 Å². The molecule has 5 heteroatoms. The maximum absolute atomic E-state index is 6.06. The van der Waals surface area contributed by atoms with Crippen LogP contribution in [-0.4, -0.2) is 10.1 Å². The van der Waals surface area contributed by atoms with Crippen LogP contribution in [0.3, 0.4) is 0 Å². The summed E-state index contributed by atoms with van der Waals surface area (Å²) in [4.78, 5) is 4.41. The van der Waals surface area contributed by atoms with E-state index in [0.29, 0.717) is 17.6 Å². The molecule has 0 radical (unpaired) electrons. The average molecular weight is 308 g/mol. The molecule has 2 N–H and O–H groups in total. The summed E-state index contributed by atoms with van der Waals surface area (Å²) in [6, 6.07) is 5.88. The van der Waals surface area contributed by atoms with Crippen LogP contribution in [0.1, 0.15) is 30.3 Å². The predicted molar refractivity (Wildman–Crippen MR) is 71.8 cm³/mol. The van der Waals surface area contributed by atoms with Gasteiger partial charge in [-0.2, -0.15) is 4.98 Å². The summed E-state index contributed by atoms with van der Waals surface area (Å²) in [6.07, 6.45) is 2.34. The fourth-order valence-corrected chi connectivity index (χ4v) is 2.49. The van der Waals surface area contributed by atoms with Crippen molar-refractivity contribution < 1.29 is 4.52 Å². The van der Waals surface area contributed by atoms with Gasteiger partial charge in [-0.25, -0.2) is 0 Å². The number of rotatable bonds is 3. The zero-order chi connectivity index (χ0) is 12.7. The standard InChI is InChI=1S/C13H14BrN3O/c1-7-6-9(14)4-5-10(7)13-16-12(17-18-13)11(15)8-2-3-8/h4-6,8,11H,2-3,15H2,1H3. The molecule has 4 nitrogen and oxygen atoms in total. The van der Waals surface area contributed by atoms with Gasteiger partial charge >= 0.3 is 0 Å². The molecule has 1 aliphatic rings. The largest absolute Gasteiger partial charge is 0.334 e. The lowest BCUT2D eigenvalue weighted by atomic mass is 10.1. The van der Waals surface area contributed by atoms with E-state index in [-0.39, 0.29) is 6.04 Å². The first kappa shape index (κ1) is 11.9. The zero-order valence-electron chi connectivity index (χ0n) is 10.1. The molecule has 1 atom stereocenters. The molecule has 0 amide bonds. The average Bonchev–Trinajstić information content (AvgIpc) is 3.07. The summed E-state index contributed by atoms with van der Waals surface area (Å²) in [7, 11) is 0. The maximum Gasteiger partial charge on any atom is 0.258 e. The van der Waals surface area contributed by atoms with Gasteiger partial charge in [-0.15, -0.1) is 0 Å². The maximum atomic E-state index is 6.06. The van der Waals surface area contributed by atoms with Gasteiger partial charge in [0, 0.05) is 10.0 Å². The van der Waals surface area contributed by atoms with Crippen LogP contribution < -0.4 is 5.73 Å². The minimum Gasteiger partial charge on any atom is -0.334 e. The van der Waals surface area contributed by atoms with E-state index >= 15 is 0 Å². The van der Waals surface area contributed by atoms with Gasteiger partial charge in [-0.05, 0) is 49.4 Å². The monoisotopic (exact) mass is 307 g/mol. The Balaban J connectivity index is 1.92. The van der Waals surface area contributed by atoms with E-state index in [0.717, 1.165) is 15.6 Å². The van der Waals surface area contributed by atoms with Gasteiger partial charge in [0.05, 0.1) is 6.04 Å². The highest BCUT2D eigenvalue weighted by Gasteiger charge is 2.32. The van der Waals surface area contributed by atoms with Crippen molar-refractivity contribution in [2.45, 2.75) is 25.8 Å². The topological polar surface area (TPSA) is 64.9 Å². The number of nitrogens with two attached hydrogens (primary N) is 1. The summed E-state index contributed by atoms with van der Waals surface area (Å²) in [5, 5.41) is 3.99. The number of aromatic nitrogens is 2. The second-order valence-corrected chi connectivity index (χ2v) is 5.70. The SMILES string of the molecule is Cc1cc(Br)ccc1-c1nc(C(N)C2CC2)no1. The van der Waals surface area contributed by atoms with Crippen molar-refractivity contribution in [3.8, 4) is 11.5 Å². The summed E-state index contributed by atoms with van der Waals surface area (Å²) < 4.78 is 6.35. The van der Waals surface area contributed by atoms with Crippen molar-refractivity contribution in [2.24, 2.45) is 11.7 Å². The lowest BCUT2D eigenvalue weighted by Crippen LogP contribution is -2.13. The van der Waals surface area contributed by atoms with E-state index in [9.17, 15) is 0 Å². The van der Waals surface area contributed by atoms with E-state index < -0.39 is 0 Å². The fourth-order valence-electron chi connectivity index (χ4n) is 2.01. The minimum atomic E-state index is -0.0849. The van der Waals surface area contributed by atoms with Gasteiger partial charge in [0.1, 0.15) is 0 Å². The molecular weight excluding hydrogens is 294 g/mol. The molecule has 0 aliphatic heterocycles. The van der Waals surface area contributed by atoms with Crippen LogP contribution >= 0.6 is 15.9 Å². The molecule has 1 aromatic heterocycles. The van der Waals surface area contributed by atoms with Gasteiger partial charge < -0.3 is 10.3 Å². The first-order chi connectivity index (χ1) is 8.65. The highest BCUT2D eigenvalue weighted by molar-refractivity contribution is 9.10. The van der Waals surface area contributed by atoms with Crippen LogP contribution in [0.2, 0.25) is 0 Å². The smallest absolute Gasteiger partial charge is 0.258 e. The highest BCUT2D eigenvalue weighted by Crippen LogP contribution is 2.39. The normalized spacial score (nSPS) is 16.8. The van der Waals surface area contributed by atoms with Crippen LogP contribution in [-0.2, 0) is 0 Å². The lowest BCUT2D eigenvalue weighted by Gasteiger charge is -2.02. The summed E-state index contributed by atoms with van der Waals surface area (Å²) >= 11 is 3.44. The molecule has 1 aliphatic carbocycles. The van der Waals surface area contributed by atoms with Gasteiger partial charge in [-0.1, -0.05) is 21.1 Å². The first-order valence-electron chi connectivity index (χ1n) is 6.01. The molecule has 0 spiro atoms. The predicted octanol–water partition coefficient (Wildman–Crippen LogP) is 3.22. The molecular formula is C13H14BrN3O. The summed E-state index contributed by atoms with van der Waals surface area (Å²) in [6.45, 7) is 2.02. The molecule has 1 aromatic carbocycles. The van der Waals surface area contributed by atoms with Crippen LogP contribution in [0.4, 0.5) is 0 Å². The van der Waals surface area contributed by atoms with Crippen molar-refractivity contribution in [3.05, 3.63) is 34.1 Å². The van der Waals surface area contributed by atoms with Crippen LogP contribution in [0.5, 0.6) is 0 Å². The van der Waals surface area contributed by atoms with Crippen LogP contribution in [0.25, 0.3) is 11.5 Å². The Kier molecular flexibility index (Phi) is 2.95. The Labute approximate surface area is 114 Å². The van der Waals surface area contributed by atoms with Gasteiger partial charge in [-0.3, -0.25) is 0 Å².